The molecular weight excluding hydrogens is 276 g/mol. The quantitative estimate of drug-likeness (QED) is 0.869. The van der Waals surface area contributed by atoms with E-state index in [0.29, 0.717) is 11.5 Å². The number of thioether (sulfide) groups is 1. The second-order valence-corrected chi connectivity index (χ2v) is 7.45. The molecule has 1 fully saturated rings. The van der Waals surface area contributed by atoms with Gasteiger partial charge in [-0.1, -0.05) is 68.3 Å². The van der Waals surface area contributed by atoms with Crippen molar-refractivity contribution in [2.45, 2.75) is 51.5 Å². The molecule has 3 rings (SSSR count). The Labute approximate surface area is 132 Å². The van der Waals surface area contributed by atoms with Crippen molar-refractivity contribution in [2.75, 3.05) is 12.3 Å². The molecule has 2 nitrogen and oxygen atoms in total. The van der Waals surface area contributed by atoms with E-state index in [4.69, 9.17) is 4.99 Å². The maximum Gasteiger partial charge on any atom is 0.157 e. The standard InChI is InChI=1S/C18H26N2S/c1-2-16(15-9-5-3-6-10-15)20-17-19-13-18(14-21-17)11-7-4-8-12-18/h3,5-6,9-10,16H,2,4,7-8,11-14H2,1H3,(H,19,20). The van der Waals surface area contributed by atoms with Gasteiger partial charge < -0.3 is 5.32 Å². The number of hydrogen-bond acceptors (Lipinski definition) is 3. The molecule has 3 heteroatoms. The van der Waals surface area contributed by atoms with Gasteiger partial charge in [-0.3, -0.25) is 4.99 Å². The summed E-state index contributed by atoms with van der Waals surface area (Å²) in [6, 6.07) is 11.1. The van der Waals surface area contributed by atoms with Gasteiger partial charge in [0.05, 0.1) is 6.04 Å². The van der Waals surface area contributed by atoms with Gasteiger partial charge in [-0.2, -0.15) is 0 Å². The Kier molecular flexibility index (Phi) is 4.89. The average molecular weight is 302 g/mol. The van der Waals surface area contributed by atoms with Crippen LogP contribution >= 0.6 is 11.8 Å². The summed E-state index contributed by atoms with van der Waals surface area (Å²) in [6.07, 6.45) is 8.09. The predicted molar refractivity (Wildman–Crippen MR) is 92.9 cm³/mol. The van der Waals surface area contributed by atoms with E-state index in [1.165, 1.54) is 43.4 Å². The molecule has 1 spiro atoms. The van der Waals surface area contributed by atoms with Gasteiger partial charge in [-0.25, -0.2) is 0 Å². The van der Waals surface area contributed by atoms with Gasteiger partial charge in [-0.05, 0) is 30.2 Å². The van der Waals surface area contributed by atoms with E-state index < -0.39 is 0 Å². The van der Waals surface area contributed by atoms with Gasteiger partial charge in [0.15, 0.2) is 5.17 Å². The summed E-state index contributed by atoms with van der Waals surface area (Å²) < 4.78 is 0. The lowest BCUT2D eigenvalue weighted by atomic mass is 9.75. The van der Waals surface area contributed by atoms with E-state index in [0.717, 1.165) is 18.1 Å². The molecule has 1 atom stereocenters. The number of nitrogens with one attached hydrogen (secondary N) is 1. The van der Waals surface area contributed by atoms with Crippen LogP contribution in [0.5, 0.6) is 0 Å². The largest absolute Gasteiger partial charge is 0.358 e. The first-order chi connectivity index (χ1) is 10.3. The Hall–Kier alpha value is -0.960. The highest BCUT2D eigenvalue weighted by molar-refractivity contribution is 8.13. The number of benzene rings is 1. The molecular formula is C18H26N2S. The Balaban J connectivity index is 1.63. The van der Waals surface area contributed by atoms with Crippen molar-refractivity contribution in [3.05, 3.63) is 35.9 Å². The van der Waals surface area contributed by atoms with Crippen molar-refractivity contribution in [1.29, 1.82) is 0 Å². The van der Waals surface area contributed by atoms with Crippen molar-refractivity contribution in [2.24, 2.45) is 10.4 Å². The van der Waals surface area contributed by atoms with Crippen molar-refractivity contribution < 1.29 is 0 Å². The predicted octanol–water partition coefficient (Wildman–Crippen LogP) is 4.78. The van der Waals surface area contributed by atoms with Gasteiger partial charge in [0, 0.05) is 12.3 Å². The minimum atomic E-state index is 0.387. The molecule has 0 aromatic heterocycles. The zero-order chi connectivity index (χ0) is 14.5. The molecule has 114 valence electrons. The van der Waals surface area contributed by atoms with Crippen molar-refractivity contribution in [1.82, 2.24) is 5.32 Å². The van der Waals surface area contributed by atoms with E-state index in [1.54, 1.807) is 0 Å². The molecule has 0 amide bonds. The second-order valence-electron chi connectivity index (χ2n) is 6.49. The second kappa shape index (κ2) is 6.87. The number of aliphatic imine (C=N–C) groups is 1. The summed E-state index contributed by atoms with van der Waals surface area (Å²) >= 11 is 1.95. The molecule has 1 aliphatic heterocycles. The van der Waals surface area contributed by atoms with Crippen LogP contribution in [-0.4, -0.2) is 17.5 Å². The Morgan fingerprint density at radius 1 is 1.19 bits per heavy atom. The molecule has 2 aliphatic rings. The van der Waals surface area contributed by atoms with Gasteiger partial charge >= 0.3 is 0 Å². The first kappa shape index (κ1) is 15.0. The fourth-order valence-corrected chi connectivity index (χ4v) is 4.70. The lowest BCUT2D eigenvalue weighted by molar-refractivity contribution is 0.232. The lowest BCUT2D eigenvalue weighted by Gasteiger charge is -2.38. The maximum atomic E-state index is 4.89. The number of amidine groups is 1. The summed E-state index contributed by atoms with van der Waals surface area (Å²) in [5, 5.41) is 4.81. The highest BCUT2D eigenvalue weighted by Gasteiger charge is 2.35. The minimum Gasteiger partial charge on any atom is -0.358 e. The molecule has 1 heterocycles. The smallest absolute Gasteiger partial charge is 0.157 e. The Bertz CT molecular complexity index is 477. The summed E-state index contributed by atoms with van der Waals surface area (Å²) in [5.41, 5.74) is 1.88. The topological polar surface area (TPSA) is 24.4 Å². The molecule has 1 aliphatic carbocycles. The van der Waals surface area contributed by atoms with Gasteiger partial charge in [0.2, 0.25) is 0 Å². The molecule has 21 heavy (non-hydrogen) atoms. The van der Waals surface area contributed by atoms with Crippen molar-refractivity contribution in [3.63, 3.8) is 0 Å². The van der Waals surface area contributed by atoms with Crippen LogP contribution in [0.4, 0.5) is 0 Å². The molecule has 1 aromatic rings. The third-order valence-corrected chi connectivity index (χ3v) is 6.17. The van der Waals surface area contributed by atoms with E-state index >= 15 is 0 Å². The fourth-order valence-electron chi connectivity index (χ4n) is 3.50. The van der Waals surface area contributed by atoms with E-state index in [2.05, 4.69) is 42.6 Å². The van der Waals surface area contributed by atoms with Crippen LogP contribution in [0.15, 0.2) is 35.3 Å². The summed E-state index contributed by atoms with van der Waals surface area (Å²) in [6.45, 7) is 3.27. The van der Waals surface area contributed by atoms with Crippen LogP contribution in [0, 0.1) is 5.41 Å². The first-order valence-electron chi connectivity index (χ1n) is 8.30. The van der Waals surface area contributed by atoms with Crippen LogP contribution < -0.4 is 5.32 Å². The first-order valence-corrected chi connectivity index (χ1v) is 9.29. The van der Waals surface area contributed by atoms with Crippen LogP contribution in [0.25, 0.3) is 0 Å². The van der Waals surface area contributed by atoms with Crippen LogP contribution in [0.3, 0.4) is 0 Å². The molecule has 1 saturated carbocycles. The van der Waals surface area contributed by atoms with E-state index in [9.17, 15) is 0 Å². The molecule has 1 aromatic carbocycles. The summed E-state index contributed by atoms with van der Waals surface area (Å²) in [5.74, 6) is 1.25. The highest BCUT2D eigenvalue weighted by atomic mass is 32.2. The van der Waals surface area contributed by atoms with Gasteiger partial charge in [-0.15, -0.1) is 0 Å². The fraction of sp³-hybridized carbons (Fsp3) is 0.611. The third-order valence-electron chi connectivity index (χ3n) is 4.90. The lowest BCUT2D eigenvalue weighted by Crippen LogP contribution is -2.37. The third kappa shape index (κ3) is 3.63. The summed E-state index contributed by atoms with van der Waals surface area (Å²) in [4.78, 5) is 4.89. The SMILES string of the molecule is CCC(NC1=NCC2(CCCCC2)CS1)c1ccccc1. The normalized spacial score (nSPS) is 22.6. The van der Waals surface area contributed by atoms with Crippen molar-refractivity contribution >= 4 is 16.9 Å². The highest BCUT2D eigenvalue weighted by Crippen LogP contribution is 2.41. The molecule has 1 N–H and O–H groups in total. The Morgan fingerprint density at radius 3 is 2.57 bits per heavy atom. The van der Waals surface area contributed by atoms with Gasteiger partial charge in [0.25, 0.3) is 0 Å². The minimum absolute atomic E-state index is 0.387. The Morgan fingerprint density at radius 2 is 1.95 bits per heavy atom. The number of nitrogens with zero attached hydrogens (tertiary/aromatic N) is 1. The average Bonchev–Trinajstić information content (AvgIpc) is 2.56. The van der Waals surface area contributed by atoms with Crippen LogP contribution in [0.2, 0.25) is 0 Å². The van der Waals surface area contributed by atoms with Crippen LogP contribution in [0.1, 0.15) is 57.1 Å². The maximum absolute atomic E-state index is 4.89. The summed E-state index contributed by atoms with van der Waals surface area (Å²) in [7, 11) is 0. The van der Waals surface area contributed by atoms with Gasteiger partial charge in [0.1, 0.15) is 0 Å². The monoisotopic (exact) mass is 302 g/mol. The van der Waals surface area contributed by atoms with E-state index in [1.807, 2.05) is 11.8 Å². The number of rotatable bonds is 3. The van der Waals surface area contributed by atoms with Crippen molar-refractivity contribution in [3.8, 4) is 0 Å². The van der Waals surface area contributed by atoms with Crippen LogP contribution in [-0.2, 0) is 0 Å². The zero-order valence-corrected chi connectivity index (χ0v) is 13.8. The zero-order valence-electron chi connectivity index (χ0n) is 13.0. The molecule has 0 radical (unpaired) electrons. The number of hydrogen-bond donors (Lipinski definition) is 1. The molecule has 1 unspecified atom stereocenters. The van der Waals surface area contributed by atoms with E-state index in [-0.39, 0.29) is 0 Å². The molecule has 0 bridgehead atoms. The molecule has 0 saturated heterocycles.